The molecular weight excluding hydrogens is 336 g/mol. The number of phenols is 1. The summed E-state index contributed by atoms with van der Waals surface area (Å²) in [7, 11) is 0. The molecular formula is C24H34OS. The second kappa shape index (κ2) is 8.52. The monoisotopic (exact) mass is 370 g/mol. The Balaban J connectivity index is 2.04. The molecule has 0 unspecified atom stereocenters. The summed E-state index contributed by atoms with van der Waals surface area (Å²) in [5.41, 5.74) is 4.77. The highest BCUT2D eigenvalue weighted by molar-refractivity contribution is 7.98. The maximum atomic E-state index is 10.8. The van der Waals surface area contributed by atoms with Gasteiger partial charge in [0.2, 0.25) is 0 Å². The second-order valence-electron chi connectivity index (χ2n) is 9.18. The minimum atomic E-state index is -0.0534. The van der Waals surface area contributed by atoms with Gasteiger partial charge < -0.3 is 5.11 Å². The number of rotatable bonds is 6. The van der Waals surface area contributed by atoms with Crippen LogP contribution >= 0.6 is 11.8 Å². The number of benzene rings is 2. The minimum absolute atomic E-state index is 0.0534. The number of thioether (sulfide) groups is 1. The van der Waals surface area contributed by atoms with Crippen LogP contribution in [0.2, 0.25) is 0 Å². The zero-order chi connectivity index (χ0) is 19.4. The molecule has 0 heterocycles. The molecule has 0 amide bonds. The minimum Gasteiger partial charge on any atom is -0.507 e. The SMILES string of the molecule is CC(C)(C)c1cc(CCCSCc2ccccc2)cc(C(C)(C)C)c1O. The van der Waals surface area contributed by atoms with E-state index in [1.807, 2.05) is 11.8 Å². The molecule has 142 valence electrons. The molecule has 0 fully saturated rings. The molecule has 0 aliphatic heterocycles. The standard InChI is InChI=1S/C24H34OS/c1-23(2,3)20-15-19(16-21(22(20)25)24(4,5)6)13-10-14-26-17-18-11-8-7-9-12-18/h7-9,11-12,15-16,25H,10,13-14,17H2,1-6H3. The van der Waals surface area contributed by atoms with Crippen LogP contribution in [0.4, 0.5) is 0 Å². The van der Waals surface area contributed by atoms with Crippen LogP contribution < -0.4 is 0 Å². The van der Waals surface area contributed by atoms with Crippen molar-refractivity contribution in [2.75, 3.05) is 5.75 Å². The molecule has 2 heteroatoms. The molecule has 1 N–H and O–H groups in total. The Hall–Kier alpha value is -1.41. The first kappa shape index (κ1) is 20.9. The van der Waals surface area contributed by atoms with Gasteiger partial charge in [-0.3, -0.25) is 0 Å². The van der Waals surface area contributed by atoms with E-state index in [9.17, 15) is 5.11 Å². The van der Waals surface area contributed by atoms with Crippen molar-refractivity contribution in [2.45, 2.75) is 71.0 Å². The molecule has 0 bridgehead atoms. The Bertz CT molecular complexity index is 670. The van der Waals surface area contributed by atoms with E-state index in [0.29, 0.717) is 5.75 Å². The van der Waals surface area contributed by atoms with Gasteiger partial charge in [-0.1, -0.05) is 84.0 Å². The number of aromatic hydroxyl groups is 1. The summed E-state index contributed by atoms with van der Waals surface area (Å²) in [6, 6.07) is 15.1. The average Bonchev–Trinajstić information content (AvgIpc) is 2.54. The fourth-order valence-corrected chi connectivity index (χ4v) is 4.05. The van der Waals surface area contributed by atoms with Crippen LogP contribution in [0.1, 0.15) is 70.2 Å². The average molecular weight is 371 g/mol. The van der Waals surface area contributed by atoms with Gasteiger partial charge in [0.1, 0.15) is 5.75 Å². The zero-order valence-corrected chi connectivity index (χ0v) is 18.0. The Morgan fingerprint density at radius 3 is 1.85 bits per heavy atom. The lowest BCUT2D eigenvalue weighted by Gasteiger charge is -2.28. The molecule has 0 aliphatic carbocycles. The molecule has 0 radical (unpaired) electrons. The third kappa shape index (κ3) is 5.81. The van der Waals surface area contributed by atoms with E-state index in [0.717, 1.165) is 35.5 Å². The molecule has 0 saturated heterocycles. The molecule has 2 aromatic carbocycles. The molecule has 26 heavy (non-hydrogen) atoms. The number of hydrogen-bond acceptors (Lipinski definition) is 2. The van der Waals surface area contributed by atoms with Gasteiger partial charge in [0, 0.05) is 5.75 Å². The molecule has 2 rings (SSSR count). The van der Waals surface area contributed by atoms with Crippen LogP contribution in [-0.2, 0) is 23.0 Å². The van der Waals surface area contributed by atoms with Gasteiger partial charge in [0.25, 0.3) is 0 Å². The normalized spacial score (nSPS) is 12.4. The Labute approximate surface area is 164 Å². The van der Waals surface area contributed by atoms with E-state index in [1.54, 1.807) is 0 Å². The van der Waals surface area contributed by atoms with Crippen molar-refractivity contribution in [1.29, 1.82) is 0 Å². The fourth-order valence-electron chi connectivity index (χ4n) is 3.12. The van der Waals surface area contributed by atoms with Crippen LogP contribution in [0.15, 0.2) is 42.5 Å². The molecule has 0 aliphatic rings. The predicted molar refractivity (Wildman–Crippen MR) is 116 cm³/mol. The summed E-state index contributed by atoms with van der Waals surface area (Å²) in [4.78, 5) is 0. The smallest absolute Gasteiger partial charge is 0.123 e. The van der Waals surface area contributed by atoms with Crippen molar-refractivity contribution in [3.05, 3.63) is 64.7 Å². The summed E-state index contributed by atoms with van der Waals surface area (Å²) >= 11 is 2.00. The van der Waals surface area contributed by atoms with Crippen molar-refractivity contribution >= 4 is 11.8 Å². The number of aryl methyl sites for hydroxylation is 1. The Kier molecular flexibility index (Phi) is 6.85. The zero-order valence-electron chi connectivity index (χ0n) is 17.2. The molecule has 0 atom stereocenters. The van der Waals surface area contributed by atoms with Gasteiger partial charge in [0.05, 0.1) is 0 Å². The maximum absolute atomic E-state index is 10.8. The van der Waals surface area contributed by atoms with Gasteiger partial charge in [-0.25, -0.2) is 0 Å². The van der Waals surface area contributed by atoms with E-state index in [4.69, 9.17) is 0 Å². The van der Waals surface area contributed by atoms with Gasteiger partial charge in [-0.15, -0.1) is 0 Å². The van der Waals surface area contributed by atoms with E-state index in [2.05, 4.69) is 84.0 Å². The lowest BCUT2D eigenvalue weighted by molar-refractivity contribution is 0.422. The quantitative estimate of drug-likeness (QED) is 0.561. The summed E-state index contributed by atoms with van der Waals surface area (Å²) in [6.07, 6.45) is 2.23. The topological polar surface area (TPSA) is 20.2 Å². The van der Waals surface area contributed by atoms with Crippen molar-refractivity contribution in [1.82, 2.24) is 0 Å². The third-order valence-electron chi connectivity index (χ3n) is 4.65. The van der Waals surface area contributed by atoms with Crippen LogP contribution in [0.25, 0.3) is 0 Å². The lowest BCUT2D eigenvalue weighted by atomic mass is 9.78. The first-order valence-electron chi connectivity index (χ1n) is 9.57. The largest absolute Gasteiger partial charge is 0.507 e. The Morgan fingerprint density at radius 1 is 0.808 bits per heavy atom. The van der Waals surface area contributed by atoms with Crippen LogP contribution in [-0.4, -0.2) is 10.9 Å². The van der Waals surface area contributed by atoms with Crippen molar-refractivity contribution in [3.8, 4) is 5.75 Å². The first-order chi connectivity index (χ1) is 12.1. The van der Waals surface area contributed by atoms with E-state index >= 15 is 0 Å². The summed E-state index contributed by atoms with van der Waals surface area (Å²) in [5, 5.41) is 10.8. The van der Waals surface area contributed by atoms with E-state index in [-0.39, 0.29) is 10.8 Å². The second-order valence-corrected chi connectivity index (χ2v) is 10.3. The maximum Gasteiger partial charge on any atom is 0.123 e. The van der Waals surface area contributed by atoms with Gasteiger partial charge in [0.15, 0.2) is 0 Å². The van der Waals surface area contributed by atoms with Crippen LogP contribution in [0.5, 0.6) is 5.75 Å². The van der Waals surface area contributed by atoms with Gasteiger partial charge in [-0.05, 0) is 51.7 Å². The van der Waals surface area contributed by atoms with Crippen molar-refractivity contribution < 1.29 is 5.11 Å². The highest BCUT2D eigenvalue weighted by atomic mass is 32.2. The van der Waals surface area contributed by atoms with Crippen molar-refractivity contribution in [3.63, 3.8) is 0 Å². The van der Waals surface area contributed by atoms with E-state index in [1.165, 1.54) is 11.1 Å². The number of hydrogen-bond donors (Lipinski definition) is 1. The summed E-state index contributed by atoms with van der Waals surface area (Å²) in [5.74, 6) is 2.72. The predicted octanol–water partition coefficient (Wildman–Crippen LogP) is 6.85. The first-order valence-corrected chi connectivity index (χ1v) is 10.7. The Morgan fingerprint density at radius 2 is 1.35 bits per heavy atom. The van der Waals surface area contributed by atoms with Gasteiger partial charge in [-0.2, -0.15) is 11.8 Å². The number of phenolic OH excluding ortho intramolecular Hbond substituents is 1. The molecule has 0 saturated carbocycles. The molecule has 2 aromatic rings. The highest BCUT2D eigenvalue weighted by Gasteiger charge is 2.26. The third-order valence-corrected chi connectivity index (χ3v) is 5.77. The van der Waals surface area contributed by atoms with E-state index < -0.39 is 0 Å². The molecule has 1 nitrogen and oxygen atoms in total. The lowest BCUT2D eigenvalue weighted by Crippen LogP contribution is -2.18. The van der Waals surface area contributed by atoms with Crippen LogP contribution in [0, 0.1) is 0 Å². The van der Waals surface area contributed by atoms with Crippen LogP contribution in [0.3, 0.4) is 0 Å². The fraction of sp³-hybridized carbons (Fsp3) is 0.500. The van der Waals surface area contributed by atoms with Gasteiger partial charge >= 0.3 is 0 Å². The molecule has 0 spiro atoms. The highest BCUT2D eigenvalue weighted by Crippen LogP contribution is 2.40. The summed E-state index contributed by atoms with van der Waals surface area (Å²) in [6.45, 7) is 13.0. The van der Waals surface area contributed by atoms with Crippen molar-refractivity contribution in [2.24, 2.45) is 0 Å². The molecule has 0 aromatic heterocycles. The summed E-state index contributed by atoms with van der Waals surface area (Å²) < 4.78 is 0.